The fraction of sp³-hybridized carbons (Fsp3) is 0.318. The number of nitrogens with zero attached hydrogens (tertiary/aromatic N) is 1. The van der Waals surface area contributed by atoms with Crippen molar-refractivity contribution in [1.29, 1.82) is 0 Å². The van der Waals surface area contributed by atoms with E-state index in [2.05, 4.69) is 10.1 Å². The Kier molecular flexibility index (Phi) is 6.26. The van der Waals surface area contributed by atoms with Gasteiger partial charge in [0.2, 0.25) is 5.91 Å². The number of hydrogen-bond acceptors (Lipinski definition) is 4. The lowest BCUT2D eigenvalue weighted by Gasteiger charge is -2.31. The molecule has 7 heteroatoms. The number of carbonyl (C=O) groups excluding carboxylic acids is 3. The average Bonchev–Trinajstić information content (AvgIpc) is 2.74. The number of carbonyl (C=O) groups is 3. The van der Waals surface area contributed by atoms with E-state index in [-0.39, 0.29) is 29.0 Å². The second kappa shape index (κ2) is 8.86. The van der Waals surface area contributed by atoms with Crippen LogP contribution in [0.2, 0.25) is 0 Å². The van der Waals surface area contributed by atoms with Crippen LogP contribution in [-0.2, 0) is 9.53 Å². The highest BCUT2D eigenvalue weighted by molar-refractivity contribution is 5.97. The van der Waals surface area contributed by atoms with Crippen molar-refractivity contribution in [3.05, 3.63) is 65.0 Å². The number of esters is 1. The van der Waals surface area contributed by atoms with Crippen molar-refractivity contribution >= 4 is 23.5 Å². The Bertz CT molecular complexity index is 936. The van der Waals surface area contributed by atoms with E-state index in [1.807, 2.05) is 25.1 Å². The van der Waals surface area contributed by atoms with Crippen molar-refractivity contribution in [2.24, 2.45) is 5.92 Å². The number of methoxy groups -OCH3 is 1. The number of aryl methyl sites for hydroxylation is 1. The first-order chi connectivity index (χ1) is 13.9. The van der Waals surface area contributed by atoms with Crippen LogP contribution in [0.4, 0.5) is 10.1 Å². The first-order valence-corrected chi connectivity index (χ1v) is 9.44. The molecule has 0 atom stereocenters. The number of halogens is 1. The highest BCUT2D eigenvalue weighted by Gasteiger charge is 2.28. The Labute approximate surface area is 168 Å². The van der Waals surface area contributed by atoms with Crippen LogP contribution >= 0.6 is 0 Å². The third kappa shape index (κ3) is 4.62. The fourth-order valence-corrected chi connectivity index (χ4v) is 3.43. The summed E-state index contributed by atoms with van der Waals surface area (Å²) in [5, 5.41) is 2.56. The number of likely N-dealkylation sites (tertiary alicyclic amines) is 1. The van der Waals surface area contributed by atoms with Gasteiger partial charge in [0.15, 0.2) is 0 Å². The molecule has 1 N–H and O–H groups in total. The molecular weight excluding hydrogens is 375 g/mol. The van der Waals surface area contributed by atoms with Gasteiger partial charge in [-0.15, -0.1) is 0 Å². The van der Waals surface area contributed by atoms with E-state index in [1.54, 1.807) is 11.0 Å². The molecule has 0 spiro atoms. The van der Waals surface area contributed by atoms with Crippen molar-refractivity contribution in [2.45, 2.75) is 19.8 Å². The number of rotatable bonds is 4. The Morgan fingerprint density at radius 2 is 1.79 bits per heavy atom. The lowest BCUT2D eigenvalue weighted by atomic mass is 9.95. The minimum Gasteiger partial charge on any atom is -0.465 e. The molecule has 1 heterocycles. The summed E-state index contributed by atoms with van der Waals surface area (Å²) >= 11 is 0. The van der Waals surface area contributed by atoms with E-state index in [0.717, 1.165) is 11.6 Å². The summed E-state index contributed by atoms with van der Waals surface area (Å²) in [6.45, 7) is 2.80. The summed E-state index contributed by atoms with van der Waals surface area (Å²) in [5.74, 6) is -1.94. The van der Waals surface area contributed by atoms with Gasteiger partial charge in [0.05, 0.1) is 18.4 Å². The maximum Gasteiger partial charge on any atom is 0.337 e. The highest BCUT2D eigenvalue weighted by Crippen LogP contribution is 2.23. The smallest absolute Gasteiger partial charge is 0.337 e. The van der Waals surface area contributed by atoms with Crippen LogP contribution in [0.1, 0.15) is 39.1 Å². The summed E-state index contributed by atoms with van der Waals surface area (Å²) < 4.78 is 18.7. The van der Waals surface area contributed by atoms with Crippen LogP contribution in [0.3, 0.4) is 0 Å². The lowest BCUT2D eigenvalue weighted by molar-refractivity contribution is -0.121. The first kappa shape index (κ1) is 20.5. The molecular formula is C22H23FN2O4. The van der Waals surface area contributed by atoms with E-state index in [9.17, 15) is 18.8 Å². The van der Waals surface area contributed by atoms with Gasteiger partial charge in [0.1, 0.15) is 5.82 Å². The van der Waals surface area contributed by atoms with E-state index < -0.39 is 11.8 Å². The predicted molar refractivity (Wildman–Crippen MR) is 106 cm³/mol. The van der Waals surface area contributed by atoms with Crippen LogP contribution in [0, 0.1) is 18.7 Å². The van der Waals surface area contributed by atoms with Crippen LogP contribution in [0.25, 0.3) is 0 Å². The van der Waals surface area contributed by atoms with Crippen molar-refractivity contribution in [1.82, 2.24) is 4.90 Å². The van der Waals surface area contributed by atoms with Crippen LogP contribution in [0.15, 0.2) is 42.5 Å². The molecule has 1 fully saturated rings. The molecule has 0 saturated carbocycles. The third-order valence-corrected chi connectivity index (χ3v) is 5.17. The maximum atomic E-state index is 14.0. The topological polar surface area (TPSA) is 75.7 Å². The fourth-order valence-electron chi connectivity index (χ4n) is 3.43. The van der Waals surface area contributed by atoms with Gasteiger partial charge < -0.3 is 15.0 Å². The van der Waals surface area contributed by atoms with E-state index in [4.69, 9.17) is 0 Å². The van der Waals surface area contributed by atoms with Gasteiger partial charge in [-0.3, -0.25) is 9.59 Å². The van der Waals surface area contributed by atoms with Crippen LogP contribution in [0.5, 0.6) is 0 Å². The Balaban J connectivity index is 1.61. The predicted octanol–water partition coefficient (Wildman–Crippen LogP) is 3.41. The molecule has 0 aromatic heterocycles. The maximum absolute atomic E-state index is 14.0. The Morgan fingerprint density at radius 1 is 1.10 bits per heavy atom. The Morgan fingerprint density at radius 3 is 2.45 bits per heavy atom. The van der Waals surface area contributed by atoms with Gasteiger partial charge in [-0.1, -0.05) is 18.2 Å². The van der Waals surface area contributed by atoms with Gasteiger partial charge in [0.25, 0.3) is 5.91 Å². The summed E-state index contributed by atoms with van der Waals surface area (Å²) in [7, 11) is 1.23. The second-order valence-electron chi connectivity index (χ2n) is 7.06. The molecule has 3 rings (SSSR count). The van der Waals surface area contributed by atoms with Crippen LogP contribution < -0.4 is 5.32 Å². The zero-order valence-corrected chi connectivity index (χ0v) is 16.4. The monoisotopic (exact) mass is 398 g/mol. The quantitative estimate of drug-likeness (QED) is 0.801. The van der Waals surface area contributed by atoms with Gasteiger partial charge in [-0.05, 0) is 49.6 Å². The molecule has 152 valence electrons. The molecule has 29 heavy (non-hydrogen) atoms. The van der Waals surface area contributed by atoms with Crippen molar-refractivity contribution < 1.29 is 23.5 Å². The number of benzene rings is 2. The van der Waals surface area contributed by atoms with Crippen LogP contribution in [-0.4, -0.2) is 42.9 Å². The molecule has 0 unspecified atom stereocenters. The zero-order valence-electron chi connectivity index (χ0n) is 16.4. The molecule has 0 aliphatic carbocycles. The van der Waals surface area contributed by atoms with E-state index in [0.29, 0.717) is 31.5 Å². The van der Waals surface area contributed by atoms with Crippen molar-refractivity contribution in [3.63, 3.8) is 0 Å². The van der Waals surface area contributed by atoms with Crippen molar-refractivity contribution in [2.75, 3.05) is 25.5 Å². The minimum atomic E-state index is -0.627. The lowest BCUT2D eigenvalue weighted by Crippen LogP contribution is -2.41. The normalized spacial score (nSPS) is 14.4. The standard InChI is InChI=1S/C22H23FN2O4/c1-14-5-3-4-6-17(14)21(27)25-11-9-15(10-12-25)20(26)24-19-13-16(22(28)29-2)7-8-18(19)23/h3-8,13,15H,9-12H2,1-2H3,(H,24,26). The molecule has 1 aliphatic rings. The highest BCUT2D eigenvalue weighted by atomic mass is 19.1. The molecule has 1 saturated heterocycles. The molecule has 2 amide bonds. The number of piperidine rings is 1. The first-order valence-electron chi connectivity index (χ1n) is 9.44. The summed E-state index contributed by atoms with van der Waals surface area (Å²) in [5.41, 5.74) is 1.68. The molecule has 6 nitrogen and oxygen atoms in total. The third-order valence-electron chi connectivity index (χ3n) is 5.17. The van der Waals surface area contributed by atoms with Crippen molar-refractivity contribution in [3.8, 4) is 0 Å². The number of anilines is 1. The summed E-state index contributed by atoms with van der Waals surface area (Å²) in [6, 6.07) is 11.1. The number of nitrogens with one attached hydrogen (secondary N) is 1. The number of hydrogen-bond donors (Lipinski definition) is 1. The largest absolute Gasteiger partial charge is 0.465 e. The minimum absolute atomic E-state index is 0.0428. The Hall–Kier alpha value is -3.22. The molecule has 2 aromatic carbocycles. The van der Waals surface area contributed by atoms with E-state index >= 15 is 0 Å². The average molecular weight is 398 g/mol. The number of ether oxygens (including phenoxy) is 1. The van der Waals surface area contributed by atoms with Gasteiger partial charge in [-0.2, -0.15) is 0 Å². The second-order valence-corrected chi connectivity index (χ2v) is 7.06. The van der Waals surface area contributed by atoms with Gasteiger partial charge in [0, 0.05) is 24.6 Å². The molecule has 0 bridgehead atoms. The molecule has 2 aromatic rings. The summed E-state index contributed by atoms with van der Waals surface area (Å²) in [6.07, 6.45) is 0.976. The van der Waals surface area contributed by atoms with Gasteiger partial charge >= 0.3 is 5.97 Å². The summed E-state index contributed by atoms with van der Waals surface area (Å²) in [4.78, 5) is 38.6. The SMILES string of the molecule is COC(=O)c1ccc(F)c(NC(=O)C2CCN(C(=O)c3ccccc3C)CC2)c1. The molecule has 0 radical (unpaired) electrons. The zero-order chi connectivity index (χ0) is 21.0. The van der Waals surface area contributed by atoms with Gasteiger partial charge in [-0.25, -0.2) is 9.18 Å². The molecule has 1 aliphatic heterocycles. The van der Waals surface area contributed by atoms with E-state index in [1.165, 1.54) is 19.2 Å². The number of amides is 2.